The molecule has 3 rings (SSSR count). The first-order valence-electron chi connectivity index (χ1n) is 4.38. The third-order valence-corrected chi connectivity index (χ3v) is 2.12. The van der Waals surface area contributed by atoms with Crippen LogP contribution in [0.25, 0.3) is 11.0 Å². The van der Waals surface area contributed by atoms with Crippen molar-refractivity contribution >= 4 is 23.2 Å². The highest BCUT2D eigenvalue weighted by Crippen LogP contribution is 2.20. The van der Waals surface area contributed by atoms with Crippen LogP contribution < -0.4 is 5.43 Å². The zero-order valence-electron chi connectivity index (χ0n) is 7.38. The van der Waals surface area contributed by atoms with Gasteiger partial charge in [0, 0.05) is 12.4 Å². The maximum absolute atomic E-state index is 4.38. The van der Waals surface area contributed by atoms with Crippen LogP contribution in [0.3, 0.4) is 0 Å². The van der Waals surface area contributed by atoms with Gasteiger partial charge in [0.1, 0.15) is 0 Å². The van der Waals surface area contributed by atoms with E-state index in [0.29, 0.717) is 5.95 Å². The Balaban J connectivity index is 2.37. The molecule has 1 aliphatic heterocycles. The van der Waals surface area contributed by atoms with Crippen LogP contribution in [-0.4, -0.2) is 15.9 Å². The molecule has 1 aromatic heterocycles. The molecule has 0 saturated heterocycles. The average molecular weight is 184 g/mol. The monoisotopic (exact) mass is 184 g/mol. The maximum Gasteiger partial charge on any atom is 0.249 e. The second-order valence-corrected chi connectivity index (χ2v) is 3.00. The summed E-state index contributed by atoms with van der Waals surface area (Å²) in [5.74, 6) is 0.677. The molecule has 0 amide bonds. The second kappa shape index (κ2) is 2.70. The van der Waals surface area contributed by atoms with Crippen molar-refractivity contribution in [3.8, 4) is 0 Å². The summed E-state index contributed by atoms with van der Waals surface area (Å²) in [5, 5.41) is 0. The van der Waals surface area contributed by atoms with Gasteiger partial charge in [0.15, 0.2) is 0 Å². The zero-order chi connectivity index (χ0) is 9.38. The number of nitrogens with one attached hydrogen (secondary N) is 1. The lowest BCUT2D eigenvalue weighted by molar-refractivity contribution is 0.985. The fourth-order valence-corrected chi connectivity index (χ4v) is 1.50. The molecule has 0 radical (unpaired) electrons. The second-order valence-electron chi connectivity index (χ2n) is 3.00. The number of aliphatic imine (C=N–C) groups is 1. The smallest absolute Gasteiger partial charge is 0.249 e. The van der Waals surface area contributed by atoms with Gasteiger partial charge < -0.3 is 0 Å². The topological polar surface area (TPSA) is 42.2 Å². The van der Waals surface area contributed by atoms with Crippen LogP contribution in [0.5, 0.6) is 0 Å². The first-order valence-corrected chi connectivity index (χ1v) is 4.38. The number of fused-ring (bicyclic) bond motifs is 3. The van der Waals surface area contributed by atoms with E-state index in [-0.39, 0.29) is 0 Å². The van der Waals surface area contributed by atoms with Gasteiger partial charge in [-0.3, -0.25) is 5.43 Å². The zero-order valence-corrected chi connectivity index (χ0v) is 7.38. The van der Waals surface area contributed by atoms with Gasteiger partial charge in [-0.15, -0.1) is 0 Å². The molecule has 4 nitrogen and oxygen atoms in total. The van der Waals surface area contributed by atoms with E-state index in [0.717, 1.165) is 11.0 Å². The minimum Gasteiger partial charge on any atom is -0.298 e. The van der Waals surface area contributed by atoms with E-state index in [1.165, 1.54) is 0 Å². The SMILES string of the molecule is C1=CNn2c(nc3ccccc32)N=C1. The van der Waals surface area contributed by atoms with Crippen LogP contribution in [0.15, 0.2) is 41.5 Å². The van der Waals surface area contributed by atoms with Crippen molar-refractivity contribution in [2.75, 3.05) is 5.43 Å². The fourth-order valence-electron chi connectivity index (χ4n) is 1.50. The van der Waals surface area contributed by atoms with Crippen molar-refractivity contribution in [2.45, 2.75) is 0 Å². The lowest BCUT2D eigenvalue weighted by Crippen LogP contribution is -2.05. The van der Waals surface area contributed by atoms with Gasteiger partial charge in [0.25, 0.3) is 0 Å². The summed E-state index contributed by atoms with van der Waals surface area (Å²) in [4.78, 5) is 8.58. The van der Waals surface area contributed by atoms with E-state index in [4.69, 9.17) is 0 Å². The van der Waals surface area contributed by atoms with Crippen molar-refractivity contribution in [3.05, 3.63) is 36.5 Å². The third-order valence-electron chi connectivity index (χ3n) is 2.12. The quantitative estimate of drug-likeness (QED) is 0.678. The summed E-state index contributed by atoms with van der Waals surface area (Å²) in [7, 11) is 0. The number of para-hydroxylation sites is 2. The molecule has 0 atom stereocenters. The number of rotatable bonds is 0. The fraction of sp³-hybridized carbons (Fsp3) is 0. The Hall–Kier alpha value is -2.10. The predicted octanol–water partition coefficient (Wildman–Crippen LogP) is 1.81. The lowest BCUT2D eigenvalue weighted by atomic mass is 10.3. The molecule has 0 spiro atoms. The lowest BCUT2D eigenvalue weighted by Gasteiger charge is -2.02. The Labute approximate surface area is 80.6 Å². The maximum atomic E-state index is 4.38. The largest absolute Gasteiger partial charge is 0.298 e. The van der Waals surface area contributed by atoms with Gasteiger partial charge in [-0.1, -0.05) is 12.1 Å². The van der Waals surface area contributed by atoms with Gasteiger partial charge in [0.2, 0.25) is 5.95 Å². The molecule has 1 aromatic carbocycles. The standard InChI is InChI=1S/C10H8N4/c1-2-5-9-8(4-1)13-10-11-6-3-7-12-14(9)10/h1-7,12H. The van der Waals surface area contributed by atoms with Crippen LogP contribution in [0.2, 0.25) is 0 Å². The summed E-state index contributed by atoms with van der Waals surface area (Å²) in [5.41, 5.74) is 5.08. The van der Waals surface area contributed by atoms with Crippen LogP contribution in [0.4, 0.5) is 5.95 Å². The Morgan fingerprint density at radius 3 is 3.14 bits per heavy atom. The summed E-state index contributed by atoms with van der Waals surface area (Å²) in [6.07, 6.45) is 5.38. The van der Waals surface area contributed by atoms with Gasteiger partial charge in [0.05, 0.1) is 11.0 Å². The van der Waals surface area contributed by atoms with Gasteiger partial charge >= 0.3 is 0 Å². The van der Waals surface area contributed by atoms with Crippen LogP contribution >= 0.6 is 0 Å². The Morgan fingerprint density at radius 2 is 2.14 bits per heavy atom. The first-order chi connectivity index (χ1) is 6.95. The highest BCUT2D eigenvalue weighted by Gasteiger charge is 2.08. The highest BCUT2D eigenvalue weighted by molar-refractivity contribution is 5.81. The molecular formula is C10H8N4. The van der Waals surface area contributed by atoms with Crippen molar-refractivity contribution in [2.24, 2.45) is 4.99 Å². The summed E-state index contributed by atoms with van der Waals surface area (Å²) in [6.45, 7) is 0. The number of nitrogens with zero attached hydrogens (tertiary/aromatic N) is 3. The molecule has 68 valence electrons. The number of imidazole rings is 1. The van der Waals surface area contributed by atoms with Crippen molar-refractivity contribution in [3.63, 3.8) is 0 Å². The minimum atomic E-state index is 0.677. The van der Waals surface area contributed by atoms with Crippen LogP contribution in [0, 0.1) is 0 Å². The van der Waals surface area contributed by atoms with E-state index >= 15 is 0 Å². The molecular weight excluding hydrogens is 176 g/mol. The van der Waals surface area contributed by atoms with Crippen molar-refractivity contribution in [1.82, 2.24) is 9.66 Å². The minimum absolute atomic E-state index is 0.677. The third kappa shape index (κ3) is 0.939. The molecule has 0 aliphatic carbocycles. The number of benzene rings is 1. The van der Waals surface area contributed by atoms with Crippen molar-refractivity contribution in [1.29, 1.82) is 0 Å². The van der Waals surface area contributed by atoms with E-state index < -0.39 is 0 Å². The highest BCUT2D eigenvalue weighted by atomic mass is 15.5. The normalized spacial score (nSPS) is 13.7. The molecule has 0 bridgehead atoms. The predicted molar refractivity (Wildman–Crippen MR) is 56.4 cm³/mol. The van der Waals surface area contributed by atoms with Crippen LogP contribution in [-0.2, 0) is 0 Å². The molecule has 0 fully saturated rings. The van der Waals surface area contributed by atoms with E-state index in [1.807, 2.05) is 41.2 Å². The molecule has 4 heteroatoms. The molecule has 2 aromatic rings. The van der Waals surface area contributed by atoms with E-state index in [1.54, 1.807) is 6.21 Å². The summed E-state index contributed by atoms with van der Waals surface area (Å²) < 4.78 is 1.86. The van der Waals surface area contributed by atoms with Gasteiger partial charge in [-0.25, -0.2) is 14.7 Å². The summed E-state index contributed by atoms with van der Waals surface area (Å²) in [6, 6.07) is 7.93. The Bertz CT molecular complexity index is 536. The number of allylic oxidation sites excluding steroid dienone is 1. The van der Waals surface area contributed by atoms with Gasteiger partial charge in [-0.05, 0) is 18.2 Å². The molecule has 0 saturated carbocycles. The van der Waals surface area contributed by atoms with Crippen LogP contribution in [0.1, 0.15) is 0 Å². The molecule has 1 aliphatic rings. The number of hydrogen-bond acceptors (Lipinski definition) is 3. The average Bonchev–Trinajstić information content (AvgIpc) is 2.42. The summed E-state index contributed by atoms with van der Waals surface area (Å²) >= 11 is 0. The van der Waals surface area contributed by atoms with Gasteiger partial charge in [-0.2, -0.15) is 0 Å². The van der Waals surface area contributed by atoms with E-state index in [2.05, 4.69) is 15.4 Å². The molecule has 14 heavy (non-hydrogen) atoms. The number of aromatic nitrogens is 2. The number of hydrogen-bond donors (Lipinski definition) is 1. The molecule has 2 heterocycles. The van der Waals surface area contributed by atoms with Crippen molar-refractivity contribution < 1.29 is 0 Å². The Morgan fingerprint density at radius 1 is 1.21 bits per heavy atom. The molecule has 1 N–H and O–H groups in total. The molecule has 0 unspecified atom stereocenters. The van der Waals surface area contributed by atoms with E-state index in [9.17, 15) is 0 Å². The first kappa shape index (κ1) is 7.32. The Kier molecular flexibility index (Phi) is 1.41.